The third-order valence-corrected chi connectivity index (χ3v) is 7.93. The number of methoxy groups -OCH3 is 2. The Morgan fingerprint density at radius 3 is 2.16 bits per heavy atom. The standard InChI is InChI=1S/C33H33N4O5.Cu/c1-17-11-21-12-26-20(4)24(16-38)31(35-26)14-28-19(3)23(8-10-33(40)42-6)30(37-28)15-29-22(7-9-32(39)41-5)18(2)27(36-29)13-25(17)34-21;/h11-16H,7-10H2,1-6H3,(H-,34,35,36,37,38);/q-1;+2/p-1. The molecule has 0 saturated heterocycles. The summed E-state index contributed by atoms with van der Waals surface area (Å²) in [6, 6.07) is 0. The first kappa shape index (κ1) is 31.7. The van der Waals surface area contributed by atoms with Gasteiger partial charge in [-0.2, -0.15) is 0 Å². The summed E-state index contributed by atoms with van der Waals surface area (Å²) in [5.41, 5.74) is 9.97. The van der Waals surface area contributed by atoms with Gasteiger partial charge in [0.15, 0.2) is 0 Å². The molecule has 0 N–H and O–H groups in total. The molecular formula is C33H32CuN4O5. The molecule has 0 amide bonds. The van der Waals surface area contributed by atoms with Crippen molar-refractivity contribution in [3.63, 3.8) is 0 Å². The molecule has 4 aliphatic rings. The van der Waals surface area contributed by atoms with Gasteiger partial charge in [0.25, 0.3) is 0 Å². The minimum Gasteiger partial charge on any atom is -0.877 e. The second kappa shape index (κ2) is 12.9. The van der Waals surface area contributed by atoms with Crippen LogP contribution in [0.5, 0.6) is 0 Å². The minimum atomic E-state index is -0.322. The predicted octanol–water partition coefficient (Wildman–Crippen LogP) is 2.50. The smallest absolute Gasteiger partial charge is 0.877 e. The van der Waals surface area contributed by atoms with Gasteiger partial charge in [-0.15, -0.1) is 17.0 Å². The molecule has 43 heavy (non-hydrogen) atoms. The summed E-state index contributed by atoms with van der Waals surface area (Å²) in [4.78, 5) is 43.7. The molecule has 1 aromatic heterocycles. The van der Waals surface area contributed by atoms with Gasteiger partial charge < -0.3 is 19.6 Å². The Morgan fingerprint density at radius 2 is 1.49 bits per heavy atom. The van der Waals surface area contributed by atoms with Crippen molar-refractivity contribution in [2.45, 2.75) is 53.4 Å². The van der Waals surface area contributed by atoms with Crippen LogP contribution < -0.4 is 20.8 Å². The summed E-state index contributed by atoms with van der Waals surface area (Å²) in [5.74, 6) is -0.628. The number of hydrogen-bond donors (Lipinski definition) is 0. The van der Waals surface area contributed by atoms with Crippen LogP contribution in [-0.2, 0) is 42.6 Å². The Balaban J connectivity index is 0.00000423. The molecule has 9 nitrogen and oxygen atoms in total. The molecule has 0 atom stereocenters. The van der Waals surface area contributed by atoms with Gasteiger partial charge in [0, 0.05) is 12.8 Å². The number of aromatic nitrogens is 1. The summed E-state index contributed by atoms with van der Waals surface area (Å²) < 4.78 is 9.79. The van der Waals surface area contributed by atoms with Gasteiger partial charge in [0.2, 0.25) is 0 Å². The van der Waals surface area contributed by atoms with Crippen LogP contribution in [0, 0.1) is 6.92 Å². The van der Waals surface area contributed by atoms with Crippen molar-refractivity contribution in [1.82, 2.24) is 4.98 Å². The molecule has 0 saturated carbocycles. The molecule has 1 aromatic rings. The second-order valence-electron chi connectivity index (χ2n) is 10.5. The largest absolute Gasteiger partial charge is 2.00 e. The van der Waals surface area contributed by atoms with E-state index < -0.39 is 0 Å². The first-order valence-electron chi connectivity index (χ1n) is 13.7. The van der Waals surface area contributed by atoms with Gasteiger partial charge in [-0.25, -0.2) is 15.0 Å². The van der Waals surface area contributed by atoms with E-state index in [9.17, 15) is 14.7 Å². The summed E-state index contributed by atoms with van der Waals surface area (Å²) in [5, 5.41) is 13.5. The Morgan fingerprint density at radius 1 is 0.814 bits per heavy atom. The molecular weight excluding hydrogens is 596 g/mol. The molecule has 5 heterocycles. The van der Waals surface area contributed by atoms with Crippen LogP contribution in [0.1, 0.15) is 51.2 Å². The van der Waals surface area contributed by atoms with Crippen LogP contribution in [0.2, 0.25) is 0 Å². The van der Waals surface area contributed by atoms with Crippen molar-refractivity contribution >= 4 is 41.2 Å². The SMILES string of the molecule is COC(=O)CCC1=C(C)C2=CC3=NC(=CC4=C(C)/C(=C\[O-])C(=N4)C=c4[n-]c(c(CCC(=O)OC)c4C)=CC1=N2)C=C3C.[Cu+2]. The monoisotopic (exact) mass is 627 g/mol. The zero-order valence-corrected chi connectivity index (χ0v) is 25.9. The van der Waals surface area contributed by atoms with Crippen molar-refractivity contribution in [3.8, 4) is 0 Å². The van der Waals surface area contributed by atoms with Gasteiger partial charge in [0.05, 0.1) is 48.4 Å². The number of aliphatic imine (C=N–C) groups is 3. The van der Waals surface area contributed by atoms with Crippen molar-refractivity contribution in [2.75, 3.05) is 14.2 Å². The van der Waals surface area contributed by atoms with Crippen LogP contribution in [-0.4, -0.2) is 43.3 Å². The van der Waals surface area contributed by atoms with Crippen LogP contribution >= 0.6 is 0 Å². The van der Waals surface area contributed by atoms with Crippen molar-refractivity contribution < 1.29 is 41.2 Å². The number of allylic oxidation sites excluding steroid dienone is 8. The van der Waals surface area contributed by atoms with E-state index >= 15 is 0 Å². The molecule has 8 bridgehead atoms. The molecule has 4 aliphatic heterocycles. The predicted molar refractivity (Wildman–Crippen MR) is 160 cm³/mol. The number of carbonyl (C=O) groups is 2. The van der Waals surface area contributed by atoms with Crippen molar-refractivity contribution in [1.29, 1.82) is 0 Å². The summed E-state index contributed by atoms with van der Waals surface area (Å²) in [6.07, 6.45) is 11.6. The van der Waals surface area contributed by atoms with Gasteiger partial charge >= 0.3 is 29.0 Å². The Bertz CT molecular complexity index is 1820. The first-order valence-corrected chi connectivity index (χ1v) is 13.7. The number of rotatable bonds is 6. The Hall–Kier alpha value is -4.27. The fourth-order valence-corrected chi connectivity index (χ4v) is 5.37. The maximum atomic E-state index is 12.1. The number of carbonyl (C=O) groups excluding carboxylic acids is 2. The molecule has 5 rings (SSSR count). The van der Waals surface area contributed by atoms with Gasteiger partial charge in [0.1, 0.15) is 0 Å². The molecule has 0 aromatic carbocycles. The quantitative estimate of drug-likeness (QED) is 0.271. The van der Waals surface area contributed by atoms with E-state index in [0.717, 1.165) is 56.8 Å². The molecule has 1 radical (unpaired) electrons. The number of nitrogens with zero attached hydrogens (tertiary/aromatic N) is 4. The Kier molecular flexibility index (Phi) is 9.52. The first-order chi connectivity index (χ1) is 20.1. The van der Waals surface area contributed by atoms with Gasteiger partial charge in [-0.05, 0) is 86.6 Å². The zero-order valence-electron chi connectivity index (χ0n) is 24.9. The summed E-state index contributed by atoms with van der Waals surface area (Å²) in [6.45, 7) is 7.79. The number of ether oxygens (including phenoxy) is 2. The topological polar surface area (TPSA) is 127 Å². The molecule has 0 fully saturated rings. The van der Waals surface area contributed by atoms with Crippen LogP contribution in [0.4, 0.5) is 0 Å². The maximum absolute atomic E-state index is 12.1. The second-order valence-corrected chi connectivity index (χ2v) is 10.5. The number of fused-ring (bicyclic) bond motifs is 5. The van der Waals surface area contributed by atoms with E-state index in [0.29, 0.717) is 46.2 Å². The van der Waals surface area contributed by atoms with E-state index in [1.165, 1.54) is 14.2 Å². The third kappa shape index (κ3) is 6.26. The van der Waals surface area contributed by atoms with E-state index in [-0.39, 0.29) is 41.8 Å². The maximum Gasteiger partial charge on any atom is 2.00 e. The molecule has 0 spiro atoms. The molecule has 225 valence electrons. The van der Waals surface area contributed by atoms with Crippen LogP contribution in [0.25, 0.3) is 12.2 Å². The Labute approximate surface area is 260 Å². The zero-order chi connectivity index (χ0) is 30.1. The summed E-state index contributed by atoms with van der Waals surface area (Å²) in [7, 11) is 2.74. The fraction of sp³-hybridized carbons (Fsp3) is 0.303. The van der Waals surface area contributed by atoms with Crippen LogP contribution in [0.15, 0.2) is 84.4 Å². The van der Waals surface area contributed by atoms with Crippen molar-refractivity contribution in [3.05, 3.63) is 91.3 Å². The summed E-state index contributed by atoms with van der Waals surface area (Å²) >= 11 is 0. The average molecular weight is 628 g/mol. The molecule has 0 aliphatic carbocycles. The fourth-order valence-electron chi connectivity index (χ4n) is 5.37. The van der Waals surface area contributed by atoms with Gasteiger partial charge in [-0.3, -0.25) is 9.59 Å². The normalized spacial score (nSPS) is 18.1. The molecule has 10 heteroatoms. The van der Waals surface area contributed by atoms with E-state index in [2.05, 4.69) is 0 Å². The molecule has 0 unspecified atom stereocenters. The van der Waals surface area contributed by atoms with Crippen molar-refractivity contribution in [2.24, 2.45) is 15.0 Å². The third-order valence-electron chi connectivity index (χ3n) is 7.93. The minimum absolute atomic E-state index is 0. The van der Waals surface area contributed by atoms with E-state index in [4.69, 9.17) is 29.4 Å². The number of esters is 2. The number of hydrogen-bond acceptors (Lipinski definition) is 8. The van der Waals surface area contributed by atoms with Gasteiger partial charge in [-0.1, -0.05) is 23.3 Å². The average Bonchev–Trinajstić information content (AvgIpc) is 3.65. The van der Waals surface area contributed by atoms with E-state index in [1.807, 2.05) is 58.1 Å². The van der Waals surface area contributed by atoms with E-state index in [1.54, 1.807) is 0 Å². The van der Waals surface area contributed by atoms with Crippen LogP contribution in [0.3, 0.4) is 0 Å².